The standard InChI is InChI=1S/C17H21N3O3S/c1-17(2,3)12-20(13-7-6-10-19-11-13)24(22,23)15-9-5-4-8-14(15)16(18)21/h4-11H,12H2,1-3H3,(H2,18,21). The first-order valence-electron chi connectivity index (χ1n) is 7.44. The minimum Gasteiger partial charge on any atom is -0.366 e. The van der Waals surface area contributed by atoms with Crippen molar-refractivity contribution in [2.75, 3.05) is 10.8 Å². The van der Waals surface area contributed by atoms with E-state index < -0.39 is 15.9 Å². The Hall–Kier alpha value is -2.41. The molecular formula is C17H21N3O3S. The SMILES string of the molecule is CC(C)(C)CN(c1cccnc1)S(=O)(=O)c1ccccc1C(N)=O. The van der Waals surface area contributed by atoms with Crippen molar-refractivity contribution in [1.29, 1.82) is 0 Å². The van der Waals surface area contributed by atoms with Gasteiger partial charge in [-0.1, -0.05) is 32.9 Å². The number of carbonyl (C=O) groups excluding carboxylic acids is 1. The van der Waals surface area contributed by atoms with E-state index in [1.807, 2.05) is 20.8 Å². The lowest BCUT2D eigenvalue weighted by Crippen LogP contribution is -2.38. The molecule has 6 nitrogen and oxygen atoms in total. The number of rotatable bonds is 5. The summed E-state index contributed by atoms with van der Waals surface area (Å²) in [6.45, 7) is 6.04. The van der Waals surface area contributed by atoms with Crippen molar-refractivity contribution in [1.82, 2.24) is 4.98 Å². The van der Waals surface area contributed by atoms with Crippen LogP contribution in [0.3, 0.4) is 0 Å². The number of benzene rings is 1. The summed E-state index contributed by atoms with van der Waals surface area (Å²) in [5.41, 5.74) is 5.45. The van der Waals surface area contributed by atoms with Crippen LogP contribution in [0.15, 0.2) is 53.7 Å². The summed E-state index contributed by atoms with van der Waals surface area (Å²) in [5.74, 6) is -0.781. The number of hydrogen-bond acceptors (Lipinski definition) is 4. The molecule has 1 aromatic carbocycles. The van der Waals surface area contributed by atoms with Crippen molar-refractivity contribution < 1.29 is 13.2 Å². The number of nitrogens with zero attached hydrogens (tertiary/aromatic N) is 2. The molecule has 2 aromatic rings. The monoisotopic (exact) mass is 347 g/mol. The molecule has 0 radical (unpaired) electrons. The maximum Gasteiger partial charge on any atom is 0.265 e. The minimum atomic E-state index is -3.97. The van der Waals surface area contributed by atoms with Gasteiger partial charge in [0.25, 0.3) is 10.0 Å². The fourth-order valence-corrected chi connectivity index (χ4v) is 4.14. The van der Waals surface area contributed by atoms with Gasteiger partial charge in [-0.05, 0) is 29.7 Å². The zero-order valence-corrected chi connectivity index (χ0v) is 14.7. The normalized spacial score (nSPS) is 12.0. The van der Waals surface area contributed by atoms with E-state index in [1.165, 1.54) is 22.6 Å². The van der Waals surface area contributed by atoms with Crippen LogP contribution in [0.25, 0.3) is 0 Å². The lowest BCUT2D eigenvalue weighted by atomic mass is 9.97. The van der Waals surface area contributed by atoms with E-state index in [4.69, 9.17) is 5.73 Å². The van der Waals surface area contributed by atoms with Crippen LogP contribution in [0, 0.1) is 5.41 Å². The molecule has 24 heavy (non-hydrogen) atoms. The summed E-state index contributed by atoms with van der Waals surface area (Å²) in [4.78, 5) is 15.5. The van der Waals surface area contributed by atoms with Crippen LogP contribution in [0.2, 0.25) is 0 Å². The predicted molar refractivity (Wildman–Crippen MR) is 93.2 cm³/mol. The van der Waals surface area contributed by atoms with Gasteiger partial charge in [0.1, 0.15) is 4.90 Å². The van der Waals surface area contributed by atoms with Gasteiger partial charge in [0.2, 0.25) is 5.91 Å². The minimum absolute atomic E-state index is 0.0275. The first-order chi connectivity index (χ1) is 11.1. The highest BCUT2D eigenvalue weighted by molar-refractivity contribution is 7.93. The van der Waals surface area contributed by atoms with Gasteiger partial charge in [-0.3, -0.25) is 14.1 Å². The van der Waals surface area contributed by atoms with Crippen molar-refractivity contribution in [3.05, 3.63) is 54.4 Å². The van der Waals surface area contributed by atoms with Gasteiger partial charge < -0.3 is 5.73 Å². The summed E-state index contributed by atoms with van der Waals surface area (Å²) in [5, 5.41) is 0. The van der Waals surface area contributed by atoms with Gasteiger partial charge in [-0.15, -0.1) is 0 Å². The van der Waals surface area contributed by atoms with Crippen molar-refractivity contribution in [3.8, 4) is 0 Å². The van der Waals surface area contributed by atoms with Gasteiger partial charge in [0.15, 0.2) is 0 Å². The number of aromatic nitrogens is 1. The molecule has 1 amide bonds. The van der Waals surface area contributed by atoms with Crippen LogP contribution in [0.1, 0.15) is 31.1 Å². The largest absolute Gasteiger partial charge is 0.366 e. The molecule has 1 aromatic heterocycles. The summed E-state index contributed by atoms with van der Waals surface area (Å²) in [7, 11) is -3.97. The van der Waals surface area contributed by atoms with Crippen molar-refractivity contribution in [3.63, 3.8) is 0 Å². The third-order valence-electron chi connectivity index (χ3n) is 3.27. The molecule has 0 aliphatic heterocycles. The topological polar surface area (TPSA) is 93.4 Å². The van der Waals surface area contributed by atoms with E-state index >= 15 is 0 Å². The third kappa shape index (κ3) is 3.91. The van der Waals surface area contributed by atoms with Gasteiger partial charge in [0, 0.05) is 12.7 Å². The molecule has 7 heteroatoms. The van der Waals surface area contributed by atoms with Crippen LogP contribution < -0.4 is 10.0 Å². The Morgan fingerprint density at radius 3 is 2.38 bits per heavy atom. The van der Waals surface area contributed by atoms with Crippen LogP contribution >= 0.6 is 0 Å². The molecule has 0 bridgehead atoms. The summed E-state index contributed by atoms with van der Waals surface area (Å²) < 4.78 is 27.7. The molecule has 2 rings (SSSR count). The zero-order chi connectivity index (χ0) is 18.0. The highest BCUT2D eigenvalue weighted by Crippen LogP contribution is 2.29. The molecule has 0 fully saturated rings. The molecule has 0 spiro atoms. The fraction of sp³-hybridized carbons (Fsp3) is 0.294. The highest BCUT2D eigenvalue weighted by Gasteiger charge is 2.31. The van der Waals surface area contributed by atoms with Crippen LogP contribution in [-0.4, -0.2) is 25.9 Å². The quantitative estimate of drug-likeness (QED) is 0.899. The number of nitrogens with two attached hydrogens (primary N) is 1. The zero-order valence-electron chi connectivity index (χ0n) is 13.9. The van der Waals surface area contributed by atoms with E-state index in [0.29, 0.717) is 5.69 Å². The lowest BCUT2D eigenvalue weighted by Gasteiger charge is -2.31. The molecule has 0 unspecified atom stereocenters. The summed E-state index contributed by atoms with van der Waals surface area (Å²) >= 11 is 0. The first kappa shape index (κ1) is 17.9. The second-order valence-corrected chi connectivity index (χ2v) is 8.47. The Morgan fingerprint density at radius 1 is 1.17 bits per heavy atom. The Balaban J connectivity index is 2.63. The Kier molecular flexibility index (Phi) is 4.94. The second-order valence-electron chi connectivity index (χ2n) is 6.64. The van der Waals surface area contributed by atoms with Crippen molar-refractivity contribution in [2.24, 2.45) is 11.1 Å². The molecule has 0 aliphatic rings. The molecule has 0 atom stereocenters. The predicted octanol–water partition coefficient (Wildman–Crippen LogP) is 2.42. The smallest absolute Gasteiger partial charge is 0.265 e. The Labute approximate surface area is 142 Å². The van der Waals surface area contributed by atoms with E-state index in [2.05, 4.69) is 4.98 Å². The molecule has 0 saturated heterocycles. The Morgan fingerprint density at radius 2 is 1.83 bits per heavy atom. The number of carbonyl (C=O) groups is 1. The molecule has 0 aliphatic carbocycles. The summed E-state index contributed by atoms with van der Waals surface area (Å²) in [6, 6.07) is 9.29. The van der Waals surface area contributed by atoms with Crippen LogP contribution in [0.4, 0.5) is 5.69 Å². The molecule has 1 heterocycles. The average molecular weight is 347 g/mol. The van der Waals surface area contributed by atoms with E-state index in [1.54, 1.807) is 30.5 Å². The number of amides is 1. The van der Waals surface area contributed by atoms with Crippen LogP contribution in [0.5, 0.6) is 0 Å². The number of hydrogen-bond donors (Lipinski definition) is 1. The second kappa shape index (κ2) is 6.60. The van der Waals surface area contributed by atoms with Crippen molar-refractivity contribution in [2.45, 2.75) is 25.7 Å². The van der Waals surface area contributed by atoms with Gasteiger partial charge in [0.05, 0.1) is 17.4 Å². The first-order valence-corrected chi connectivity index (χ1v) is 8.88. The van der Waals surface area contributed by atoms with E-state index in [-0.39, 0.29) is 22.4 Å². The fourth-order valence-electron chi connectivity index (χ4n) is 2.26. The average Bonchev–Trinajstić information content (AvgIpc) is 2.52. The third-order valence-corrected chi connectivity index (χ3v) is 5.10. The van der Waals surface area contributed by atoms with Gasteiger partial charge in [-0.25, -0.2) is 8.42 Å². The number of pyridine rings is 1. The number of sulfonamides is 1. The van der Waals surface area contributed by atoms with Crippen LogP contribution in [-0.2, 0) is 10.0 Å². The number of anilines is 1. The van der Waals surface area contributed by atoms with Crippen molar-refractivity contribution >= 4 is 21.6 Å². The molecule has 2 N–H and O–H groups in total. The maximum absolute atomic E-state index is 13.2. The van der Waals surface area contributed by atoms with Gasteiger partial charge in [-0.2, -0.15) is 0 Å². The summed E-state index contributed by atoms with van der Waals surface area (Å²) in [6.07, 6.45) is 3.05. The molecule has 0 saturated carbocycles. The highest BCUT2D eigenvalue weighted by atomic mass is 32.2. The van der Waals surface area contributed by atoms with Gasteiger partial charge >= 0.3 is 0 Å². The molecular weight excluding hydrogens is 326 g/mol. The molecule has 128 valence electrons. The number of primary amides is 1. The maximum atomic E-state index is 13.2. The Bertz CT molecular complexity index is 828. The van der Waals surface area contributed by atoms with E-state index in [9.17, 15) is 13.2 Å². The van der Waals surface area contributed by atoms with E-state index in [0.717, 1.165) is 0 Å². The lowest BCUT2D eigenvalue weighted by molar-refractivity contribution is 0.0997.